The number of quaternary nitrogens is 1. The summed E-state index contributed by atoms with van der Waals surface area (Å²) in [6.45, 7) is 8.96. The van der Waals surface area contributed by atoms with Crippen molar-refractivity contribution in [1.82, 2.24) is 14.5 Å². The maximum absolute atomic E-state index is 12.1. The summed E-state index contributed by atoms with van der Waals surface area (Å²) >= 11 is 1.20. The van der Waals surface area contributed by atoms with E-state index < -0.39 is 0 Å². The number of aromatic nitrogens is 2. The molecular formula is C10H17N4OS+. The molecule has 1 saturated heterocycles. The molecule has 0 atom stereocenters. The summed E-state index contributed by atoms with van der Waals surface area (Å²) in [6.07, 6.45) is 0. The van der Waals surface area contributed by atoms with E-state index in [1.165, 1.54) is 11.5 Å². The zero-order chi connectivity index (χ0) is 11.5. The van der Waals surface area contributed by atoms with E-state index in [2.05, 4.69) is 16.5 Å². The lowest BCUT2D eigenvalue weighted by molar-refractivity contribution is -0.902. The molecule has 2 heterocycles. The van der Waals surface area contributed by atoms with Gasteiger partial charge in [0.1, 0.15) is 4.88 Å². The second kappa shape index (κ2) is 4.88. The van der Waals surface area contributed by atoms with Crippen molar-refractivity contribution in [2.24, 2.45) is 0 Å². The van der Waals surface area contributed by atoms with Gasteiger partial charge in [-0.15, -0.1) is 5.10 Å². The molecule has 0 bridgehead atoms. The van der Waals surface area contributed by atoms with Crippen molar-refractivity contribution < 1.29 is 9.69 Å². The topological polar surface area (TPSA) is 50.5 Å². The largest absolute Gasteiger partial charge is 0.332 e. The summed E-state index contributed by atoms with van der Waals surface area (Å²) in [5.74, 6) is 0.0997. The van der Waals surface area contributed by atoms with Crippen molar-refractivity contribution in [3.05, 3.63) is 10.6 Å². The van der Waals surface area contributed by atoms with Gasteiger partial charge in [0.15, 0.2) is 0 Å². The van der Waals surface area contributed by atoms with Crippen LogP contribution in [-0.4, -0.2) is 53.1 Å². The number of likely N-dealkylation sites (N-methyl/N-ethyl adjacent to an activating group) is 1. The third-order valence-electron chi connectivity index (χ3n) is 3.10. The number of hydrogen-bond acceptors (Lipinski definition) is 4. The minimum absolute atomic E-state index is 0.0997. The molecule has 1 aliphatic rings. The molecule has 1 N–H and O–H groups in total. The van der Waals surface area contributed by atoms with Crippen LogP contribution in [0.5, 0.6) is 0 Å². The molecule has 1 amide bonds. The second-order valence-electron chi connectivity index (χ2n) is 4.08. The molecule has 88 valence electrons. The van der Waals surface area contributed by atoms with Gasteiger partial charge >= 0.3 is 0 Å². The van der Waals surface area contributed by atoms with Crippen LogP contribution in [0.15, 0.2) is 0 Å². The summed E-state index contributed by atoms with van der Waals surface area (Å²) < 4.78 is 3.81. The molecule has 5 nitrogen and oxygen atoms in total. The van der Waals surface area contributed by atoms with Crippen molar-refractivity contribution in [2.45, 2.75) is 13.8 Å². The third kappa shape index (κ3) is 2.22. The van der Waals surface area contributed by atoms with Crippen molar-refractivity contribution in [1.29, 1.82) is 0 Å². The molecule has 2 rings (SSSR count). The first-order valence-corrected chi connectivity index (χ1v) is 6.41. The molecule has 1 fully saturated rings. The number of nitrogens with one attached hydrogen (secondary N) is 1. The lowest BCUT2D eigenvalue weighted by atomic mass is 10.3. The van der Waals surface area contributed by atoms with Gasteiger partial charge in [0.25, 0.3) is 5.91 Å². The normalized spacial score (nSPS) is 17.8. The zero-order valence-electron chi connectivity index (χ0n) is 9.69. The Labute approximate surface area is 99.2 Å². The highest BCUT2D eigenvalue weighted by atomic mass is 32.1. The summed E-state index contributed by atoms with van der Waals surface area (Å²) in [5.41, 5.74) is 0.750. The first-order chi connectivity index (χ1) is 7.72. The number of aryl methyl sites for hydroxylation is 1. The average Bonchev–Trinajstić information content (AvgIpc) is 2.75. The van der Waals surface area contributed by atoms with Crippen molar-refractivity contribution in [2.75, 3.05) is 32.7 Å². The van der Waals surface area contributed by atoms with E-state index in [9.17, 15) is 4.79 Å². The van der Waals surface area contributed by atoms with Crippen molar-refractivity contribution >= 4 is 17.4 Å². The Morgan fingerprint density at radius 1 is 1.50 bits per heavy atom. The number of piperazine rings is 1. The fraction of sp³-hybridized carbons (Fsp3) is 0.700. The van der Waals surface area contributed by atoms with Crippen LogP contribution in [0.2, 0.25) is 0 Å². The van der Waals surface area contributed by atoms with E-state index in [0.29, 0.717) is 4.88 Å². The zero-order valence-corrected chi connectivity index (χ0v) is 10.5. The van der Waals surface area contributed by atoms with Gasteiger partial charge in [-0.2, -0.15) is 0 Å². The highest BCUT2D eigenvalue weighted by Gasteiger charge is 2.25. The number of nitrogens with zero attached hydrogens (tertiary/aromatic N) is 3. The average molecular weight is 241 g/mol. The number of rotatable bonds is 2. The van der Waals surface area contributed by atoms with E-state index in [4.69, 9.17) is 0 Å². The first kappa shape index (κ1) is 11.5. The standard InChI is InChI=1S/C10H16N4OS/c1-3-13-4-6-14(7-5-13)10(15)9-8(2)11-12-16-9/h3-7H2,1-2H3/p+1. The number of carbonyl (C=O) groups excluding carboxylic acids is 1. The molecule has 0 aromatic carbocycles. The third-order valence-corrected chi connectivity index (χ3v) is 3.92. The van der Waals surface area contributed by atoms with Crippen molar-refractivity contribution in [3.8, 4) is 0 Å². The van der Waals surface area contributed by atoms with Gasteiger partial charge in [-0.25, -0.2) is 0 Å². The van der Waals surface area contributed by atoms with Crippen LogP contribution in [0, 0.1) is 6.92 Å². The Bertz CT molecular complexity index is 371. The molecule has 6 heteroatoms. The van der Waals surface area contributed by atoms with Gasteiger partial charge in [0.2, 0.25) is 0 Å². The van der Waals surface area contributed by atoms with Gasteiger partial charge < -0.3 is 9.80 Å². The molecule has 1 aromatic rings. The quantitative estimate of drug-likeness (QED) is 0.738. The second-order valence-corrected chi connectivity index (χ2v) is 4.84. The molecule has 1 aliphatic heterocycles. The molecule has 0 aliphatic carbocycles. The maximum atomic E-state index is 12.1. The van der Waals surface area contributed by atoms with Crippen LogP contribution in [0.3, 0.4) is 0 Å². The highest BCUT2D eigenvalue weighted by Crippen LogP contribution is 2.12. The predicted molar refractivity (Wildman–Crippen MR) is 61.8 cm³/mol. The fourth-order valence-corrected chi connectivity index (χ4v) is 2.58. The van der Waals surface area contributed by atoms with Crippen LogP contribution >= 0.6 is 11.5 Å². The lowest BCUT2D eigenvalue weighted by Gasteiger charge is -2.31. The minimum Gasteiger partial charge on any atom is -0.332 e. The van der Waals surface area contributed by atoms with Crippen molar-refractivity contribution in [3.63, 3.8) is 0 Å². The van der Waals surface area contributed by atoms with Gasteiger partial charge in [-0.05, 0) is 25.4 Å². The van der Waals surface area contributed by atoms with Crippen LogP contribution in [0.25, 0.3) is 0 Å². The smallest absolute Gasteiger partial charge is 0.267 e. The van der Waals surface area contributed by atoms with E-state index in [1.54, 1.807) is 4.90 Å². The van der Waals surface area contributed by atoms with Crippen LogP contribution < -0.4 is 4.90 Å². The predicted octanol–water partition coefficient (Wildman–Crippen LogP) is -0.793. The number of hydrogen-bond donors (Lipinski definition) is 1. The molecule has 16 heavy (non-hydrogen) atoms. The monoisotopic (exact) mass is 241 g/mol. The molecule has 0 unspecified atom stereocenters. The maximum Gasteiger partial charge on any atom is 0.267 e. The number of amides is 1. The van der Waals surface area contributed by atoms with E-state index in [-0.39, 0.29) is 5.91 Å². The Kier molecular flexibility index (Phi) is 3.50. The Hall–Kier alpha value is -1.01. The highest BCUT2D eigenvalue weighted by molar-refractivity contribution is 7.07. The van der Waals surface area contributed by atoms with Crippen LogP contribution in [-0.2, 0) is 0 Å². The number of carbonyl (C=O) groups is 1. The Balaban J connectivity index is 2.00. The van der Waals surface area contributed by atoms with E-state index in [0.717, 1.165) is 38.4 Å². The van der Waals surface area contributed by atoms with Gasteiger partial charge in [0.05, 0.1) is 38.4 Å². The molecule has 1 aromatic heterocycles. The lowest BCUT2D eigenvalue weighted by Crippen LogP contribution is -3.14. The van der Waals surface area contributed by atoms with E-state index in [1.807, 2.05) is 11.8 Å². The Morgan fingerprint density at radius 2 is 2.19 bits per heavy atom. The summed E-state index contributed by atoms with van der Waals surface area (Å²) in [4.78, 5) is 16.3. The summed E-state index contributed by atoms with van der Waals surface area (Å²) in [5, 5.41) is 3.88. The minimum atomic E-state index is 0.0997. The molecule has 0 saturated carbocycles. The van der Waals surface area contributed by atoms with E-state index >= 15 is 0 Å². The van der Waals surface area contributed by atoms with Crippen LogP contribution in [0.4, 0.5) is 0 Å². The fourth-order valence-electron chi connectivity index (χ4n) is 1.95. The van der Waals surface area contributed by atoms with Crippen LogP contribution in [0.1, 0.15) is 22.3 Å². The summed E-state index contributed by atoms with van der Waals surface area (Å²) in [7, 11) is 0. The van der Waals surface area contributed by atoms with Gasteiger partial charge in [-0.1, -0.05) is 4.49 Å². The Morgan fingerprint density at radius 3 is 2.69 bits per heavy atom. The van der Waals surface area contributed by atoms with Gasteiger partial charge in [-0.3, -0.25) is 4.79 Å². The van der Waals surface area contributed by atoms with Gasteiger partial charge in [0, 0.05) is 0 Å². The first-order valence-electron chi connectivity index (χ1n) is 5.64. The SMILES string of the molecule is CC[NH+]1CCN(C(=O)c2snnc2C)CC1. The summed E-state index contributed by atoms with van der Waals surface area (Å²) in [6, 6.07) is 0. The molecule has 0 spiro atoms. The molecule has 0 radical (unpaired) electrons. The molecular weight excluding hydrogens is 224 g/mol.